The summed E-state index contributed by atoms with van der Waals surface area (Å²) >= 11 is 0. The largest absolute Gasteiger partial charge is 0.491 e. The molecule has 0 aliphatic carbocycles. The number of nitrogens with zero attached hydrogens (tertiary/aromatic N) is 1. The van der Waals surface area contributed by atoms with Gasteiger partial charge < -0.3 is 14.3 Å². The molecule has 1 aromatic heterocycles. The lowest BCUT2D eigenvalue weighted by Crippen LogP contribution is -2.35. The highest BCUT2D eigenvalue weighted by atomic mass is 16.5. The van der Waals surface area contributed by atoms with E-state index in [1.54, 1.807) is 6.26 Å². The van der Waals surface area contributed by atoms with Gasteiger partial charge in [0.15, 0.2) is 0 Å². The van der Waals surface area contributed by atoms with Crippen molar-refractivity contribution in [3.05, 3.63) is 88.9 Å². The molecule has 0 spiro atoms. The lowest BCUT2D eigenvalue weighted by molar-refractivity contribution is 0.0602. The van der Waals surface area contributed by atoms with E-state index in [1.807, 2.05) is 31.2 Å². The van der Waals surface area contributed by atoms with Crippen molar-refractivity contribution >= 4 is 0 Å². The second-order valence-corrected chi connectivity index (χ2v) is 7.65. The van der Waals surface area contributed by atoms with Crippen molar-refractivity contribution in [1.82, 2.24) is 4.90 Å². The molecule has 2 aromatic carbocycles. The van der Waals surface area contributed by atoms with E-state index in [0.29, 0.717) is 13.1 Å². The summed E-state index contributed by atoms with van der Waals surface area (Å²) in [5.41, 5.74) is 4.83. The lowest BCUT2D eigenvalue weighted by Gasteiger charge is -2.25. The van der Waals surface area contributed by atoms with E-state index in [2.05, 4.69) is 49.1 Å². The van der Waals surface area contributed by atoms with Crippen molar-refractivity contribution < 1.29 is 14.3 Å². The predicted octanol–water partition coefficient (Wildman–Crippen LogP) is 4.90. The van der Waals surface area contributed by atoms with E-state index in [1.165, 1.54) is 16.7 Å². The number of furan rings is 1. The average molecular weight is 394 g/mol. The van der Waals surface area contributed by atoms with Gasteiger partial charge in [-0.15, -0.1) is 0 Å². The maximum atomic E-state index is 10.6. The van der Waals surface area contributed by atoms with Crippen LogP contribution in [0.2, 0.25) is 0 Å². The Labute approximate surface area is 173 Å². The monoisotopic (exact) mass is 393 g/mol. The van der Waals surface area contributed by atoms with E-state index >= 15 is 0 Å². The minimum absolute atomic E-state index is 0.257. The molecule has 0 radical (unpaired) electrons. The SMILES string of the molecule is CCc1ccc(CN(Cc2ccco2)CC(O)COc2ccc(C)cc2C)cc1. The van der Waals surface area contributed by atoms with Crippen molar-refractivity contribution in [2.75, 3.05) is 13.2 Å². The second-order valence-electron chi connectivity index (χ2n) is 7.65. The fourth-order valence-electron chi connectivity index (χ4n) is 3.44. The first-order valence-electron chi connectivity index (χ1n) is 10.2. The fraction of sp³-hybridized carbons (Fsp3) is 0.360. The molecule has 3 aromatic rings. The summed E-state index contributed by atoms with van der Waals surface area (Å²) in [6.45, 7) is 8.39. The number of hydrogen-bond acceptors (Lipinski definition) is 4. The van der Waals surface area contributed by atoms with Gasteiger partial charge in [0, 0.05) is 13.1 Å². The first kappa shape index (κ1) is 21.2. The number of rotatable bonds is 10. The van der Waals surface area contributed by atoms with Gasteiger partial charge in [-0.1, -0.05) is 48.9 Å². The third kappa shape index (κ3) is 6.48. The molecule has 1 unspecified atom stereocenters. The summed E-state index contributed by atoms with van der Waals surface area (Å²) in [5, 5.41) is 10.6. The van der Waals surface area contributed by atoms with Gasteiger partial charge in [-0.05, 0) is 55.2 Å². The predicted molar refractivity (Wildman–Crippen MR) is 116 cm³/mol. The molecule has 154 valence electrons. The van der Waals surface area contributed by atoms with Crippen LogP contribution in [0.1, 0.15) is 34.9 Å². The molecular weight excluding hydrogens is 362 g/mol. The van der Waals surface area contributed by atoms with E-state index in [9.17, 15) is 5.11 Å². The van der Waals surface area contributed by atoms with Crippen LogP contribution in [0.25, 0.3) is 0 Å². The van der Waals surface area contributed by atoms with Crippen LogP contribution in [0, 0.1) is 13.8 Å². The van der Waals surface area contributed by atoms with Crippen molar-refractivity contribution in [2.24, 2.45) is 0 Å². The minimum Gasteiger partial charge on any atom is -0.491 e. The quantitative estimate of drug-likeness (QED) is 0.532. The number of hydrogen-bond donors (Lipinski definition) is 1. The minimum atomic E-state index is -0.597. The Hall–Kier alpha value is -2.56. The zero-order chi connectivity index (χ0) is 20.6. The highest BCUT2D eigenvalue weighted by Crippen LogP contribution is 2.19. The van der Waals surface area contributed by atoms with Crippen molar-refractivity contribution in [1.29, 1.82) is 0 Å². The van der Waals surface area contributed by atoms with Gasteiger partial charge >= 0.3 is 0 Å². The van der Waals surface area contributed by atoms with Crippen LogP contribution in [0.5, 0.6) is 5.75 Å². The zero-order valence-electron chi connectivity index (χ0n) is 17.6. The molecule has 3 rings (SSSR count). The number of aliphatic hydroxyl groups is 1. The van der Waals surface area contributed by atoms with Gasteiger partial charge in [-0.25, -0.2) is 0 Å². The standard InChI is InChI=1S/C25H31NO3/c1-4-21-8-10-22(11-9-21)15-26(17-24-6-5-13-28-24)16-23(27)18-29-25-12-7-19(2)14-20(25)3/h5-14,23,27H,4,15-18H2,1-3H3. The summed E-state index contributed by atoms with van der Waals surface area (Å²) < 4.78 is 11.4. The molecule has 4 heteroatoms. The van der Waals surface area contributed by atoms with Crippen LogP contribution in [-0.2, 0) is 19.5 Å². The summed E-state index contributed by atoms with van der Waals surface area (Å²) in [5.74, 6) is 1.71. The van der Waals surface area contributed by atoms with E-state index in [0.717, 1.165) is 30.0 Å². The molecule has 1 heterocycles. The number of aryl methyl sites for hydroxylation is 3. The van der Waals surface area contributed by atoms with Gasteiger partial charge in [0.2, 0.25) is 0 Å². The molecule has 29 heavy (non-hydrogen) atoms. The highest BCUT2D eigenvalue weighted by Gasteiger charge is 2.15. The molecule has 0 bridgehead atoms. The van der Waals surface area contributed by atoms with E-state index in [4.69, 9.17) is 9.15 Å². The number of aliphatic hydroxyl groups excluding tert-OH is 1. The fourth-order valence-corrected chi connectivity index (χ4v) is 3.44. The maximum absolute atomic E-state index is 10.6. The molecule has 4 nitrogen and oxygen atoms in total. The first-order chi connectivity index (χ1) is 14.0. The van der Waals surface area contributed by atoms with E-state index < -0.39 is 6.10 Å². The smallest absolute Gasteiger partial charge is 0.122 e. The third-order valence-electron chi connectivity index (χ3n) is 5.03. The van der Waals surface area contributed by atoms with Crippen molar-refractivity contribution in [3.8, 4) is 5.75 Å². The van der Waals surface area contributed by atoms with Gasteiger partial charge in [0.05, 0.1) is 12.8 Å². The molecule has 0 aliphatic heterocycles. The van der Waals surface area contributed by atoms with Crippen LogP contribution in [0.15, 0.2) is 65.3 Å². The third-order valence-corrected chi connectivity index (χ3v) is 5.03. The molecule has 0 aliphatic rings. The van der Waals surface area contributed by atoms with Crippen LogP contribution < -0.4 is 4.74 Å². The Morgan fingerprint density at radius 2 is 1.76 bits per heavy atom. The molecule has 1 N–H and O–H groups in total. The Morgan fingerprint density at radius 3 is 2.41 bits per heavy atom. The molecule has 0 fully saturated rings. The Balaban J connectivity index is 1.61. The Kier molecular flexibility index (Phi) is 7.50. The normalized spacial score (nSPS) is 12.3. The van der Waals surface area contributed by atoms with Crippen LogP contribution in [0.3, 0.4) is 0 Å². The Morgan fingerprint density at radius 1 is 1.00 bits per heavy atom. The molecular formula is C25H31NO3. The van der Waals surface area contributed by atoms with E-state index in [-0.39, 0.29) is 6.61 Å². The summed E-state index contributed by atoms with van der Waals surface area (Å²) in [6, 6.07) is 18.6. The first-order valence-corrected chi connectivity index (χ1v) is 10.2. The van der Waals surface area contributed by atoms with Gasteiger partial charge in [-0.3, -0.25) is 4.90 Å². The van der Waals surface area contributed by atoms with Crippen LogP contribution in [0.4, 0.5) is 0 Å². The Bertz CT molecular complexity index is 872. The van der Waals surface area contributed by atoms with Gasteiger partial charge in [0.25, 0.3) is 0 Å². The summed E-state index contributed by atoms with van der Waals surface area (Å²) in [6.07, 6.45) is 2.12. The molecule has 0 amide bonds. The van der Waals surface area contributed by atoms with Crippen LogP contribution >= 0.6 is 0 Å². The summed E-state index contributed by atoms with van der Waals surface area (Å²) in [7, 11) is 0. The summed E-state index contributed by atoms with van der Waals surface area (Å²) in [4.78, 5) is 2.19. The lowest BCUT2D eigenvalue weighted by atomic mass is 10.1. The second kappa shape index (κ2) is 10.3. The van der Waals surface area contributed by atoms with Crippen molar-refractivity contribution in [2.45, 2.75) is 46.4 Å². The topological polar surface area (TPSA) is 45.8 Å². The molecule has 0 saturated carbocycles. The van der Waals surface area contributed by atoms with Gasteiger partial charge in [0.1, 0.15) is 24.2 Å². The van der Waals surface area contributed by atoms with Gasteiger partial charge in [-0.2, -0.15) is 0 Å². The number of ether oxygens (including phenoxy) is 1. The van der Waals surface area contributed by atoms with Crippen molar-refractivity contribution in [3.63, 3.8) is 0 Å². The van der Waals surface area contributed by atoms with Crippen LogP contribution in [-0.4, -0.2) is 29.3 Å². The number of benzene rings is 2. The molecule has 0 saturated heterocycles. The maximum Gasteiger partial charge on any atom is 0.122 e. The molecule has 1 atom stereocenters. The zero-order valence-corrected chi connectivity index (χ0v) is 17.6. The highest BCUT2D eigenvalue weighted by molar-refractivity contribution is 5.35. The average Bonchev–Trinajstić information content (AvgIpc) is 3.21.